The molecule has 18 heavy (non-hydrogen) atoms. The van der Waals surface area contributed by atoms with Gasteiger partial charge in [-0.05, 0) is 51.0 Å². The van der Waals surface area contributed by atoms with E-state index in [-0.39, 0.29) is 5.54 Å². The number of pyridine rings is 1. The number of nitrogens with two attached hydrogens (primary N) is 1. The van der Waals surface area contributed by atoms with Crippen molar-refractivity contribution in [2.75, 3.05) is 0 Å². The van der Waals surface area contributed by atoms with Crippen LogP contribution >= 0.6 is 0 Å². The summed E-state index contributed by atoms with van der Waals surface area (Å²) in [6.07, 6.45) is 0.00772. The summed E-state index contributed by atoms with van der Waals surface area (Å²) >= 11 is 0. The van der Waals surface area contributed by atoms with E-state index in [9.17, 15) is 5.11 Å². The van der Waals surface area contributed by atoms with Crippen molar-refractivity contribution in [2.24, 2.45) is 5.73 Å². The van der Waals surface area contributed by atoms with Gasteiger partial charge >= 0.3 is 0 Å². The Labute approximate surface area is 108 Å². The van der Waals surface area contributed by atoms with Crippen molar-refractivity contribution in [3.05, 3.63) is 41.6 Å². The summed E-state index contributed by atoms with van der Waals surface area (Å²) in [4.78, 5) is 4.44. The highest BCUT2D eigenvalue weighted by atomic mass is 16.3. The number of rotatable bonds is 3. The lowest BCUT2D eigenvalue weighted by molar-refractivity contribution is 0.142. The highest BCUT2D eigenvalue weighted by Gasteiger charge is 2.18. The van der Waals surface area contributed by atoms with Crippen molar-refractivity contribution in [3.63, 3.8) is 0 Å². The van der Waals surface area contributed by atoms with Crippen LogP contribution in [0.3, 0.4) is 0 Å². The number of fused-ring (bicyclic) bond motifs is 1. The quantitative estimate of drug-likeness (QED) is 0.872. The van der Waals surface area contributed by atoms with Gasteiger partial charge in [0.05, 0.1) is 11.6 Å². The minimum atomic E-state index is -0.532. The Morgan fingerprint density at radius 3 is 2.67 bits per heavy atom. The number of aliphatic hydroxyl groups is 1. The Hall–Kier alpha value is -1.45. The number of hydrogen-bond acceptors (Lipinski definition) is 3. The summed E-state index contributed by atoms with van der Waals surface area (Å²) in [5.41, 5.74) is 8.41. The summed E-state index contributed by atoms with van der Waals surface area (Å²) in [6, 6.07) is 9.86. The average Bonchev–Trinajstić information content (AvgIpc) is 2.26. The topological polar surface area (TPSA) is 59.1 Å². The summed E-state index contributed by atoms with van der Waals surface area (Å²) in [5.74, 6) is 0. The Morgan fingerprint density at radius 2 is 2.00 bits per heavy atom. The van der Waals surface area contributed by atoms with Gasteiger partial charge in [-0.2, -0.15) is 0 Å². The lowest BCUT2D eigenvalue weighted by Crippen LogP contribution is -2.33. The Balaban J connectivity index is 2.32. The van der Waals surface area contributed by atoms with Crippen LogP contribution in [0, 0.1) is 6.92 Å². The second-order valence-electron chi connectivity index (χ2n) is 5.61. The van der Waals surface area contributed by atoms with Crippen LogP contribution in [0.2, 0.25) is 0 Å². The van der Waals surface area contributed by atoms with E-state index in [1.165, 1.54) is 0 Å². The normalized spacial score (nSPS) is 13.8. The van der Waals surface area contributed by atoms with E-state index >= 15 is 0 Å². The largest absolute Gasteiger partial charge is 0.388 e. The van der Waals surface area contributed by atoms with E-state index in [0.717, 1.165) is 22.2 Å². The second-order valence-corrected chi connectivity index (χ2v) is 5.61. The molecule has 0 saturated heterocycles. The highest BCUT2D eigenvalue weighted by Crippen LogP contribution is 2.25. The first-order valence-electron chi connectivity index (χ1n) is 6.19. The van der Waals surface area contributed by atoms with E-state index in [0.29, 0.717) is 6.42 Å². The number of aromatic nitrogens is 1. The first kappa shape index (κ1) is 13.0. The Kier molecular flexibility index (Phi) is 3.37. The van der Waals surface area contributed by atoms with E-state index < -0.39 is 6.10 Å². The van der Waals surface area contributed by atoms with Crippen molar-refractivity contribution in [2.45, 2.75) is 38.8 Å². The van der Waals surface area contributed by atoms with Crippen molar-refractivity contribution in [3.8, 4) is 0 Å². The van der Waals surface area contributed by atoms with Crippen LogP contribution in [0.25, 0.3) is 10.9 Å². The molecule has 0 saturated carbocycles. The fourth-order valence-electron chi connectivity index (χ4n) is 2.07. The maximum Gasteiger partial charge on any atom is 0.0807 e. The van der Waals surface area contributed by atoms with E-state index in [4.69, 9.17) is 5.73 Å². The molecule has 0 aliphatic rings. The first-order chi connectivity index (χ1) is 8.35. The van der Waals surface area contributed by atoms with Gasteiger partial charge in [-0.3, -0.25) is 4.98 Å². The molecule has 1 unspecified atom stereocenters. The molecule has 1 atom stereocenters. The van der Waals surface area contributed by atoms with E-state index in [1.54, 1.807) is 0 Å². The van der Waals surface area contributed by atoms with Gasteiger partial charge in [0.1, 0.15) is 0 Å². The SMILES string of the molecule is Cc1ccc2cc(C(O)CC(C)(C)N)ccc2n1. The average molecular weight is 244 g/mol. The van der Waals surface area contributed by atoms with Gasteiger partial charge in [0.25, 0.3) is 0 Å². The summed E-state index contributed by atoms with van der Waals surface area (Å²) in [7, 11) is 0. The van der Waals surface area contributed by atoms with Gasteiger partial charge < -0.3 is 10.8 Å². The molecular formula is C15H20N2O. The molecule has 2 rings (SSSR count). The van der Waals surface area contributed by atoms with Gasteiger partial charge in [0, 0.05) is 16.6 Å². The van der Waals surface area contributed by atoms with Gasteiger partial charge in [0.2, 0.25) is 0 Å². The van der Waals surface area contributed by atoms with Gasteiger partial charge in [-0.1, -0.05) is 12.1 Å². The van der Waals surface area contributed by atoms with E-state index in [1.807, 2.05) is 51.1 Å². The van der Waals surface area contributed by atoms with Gasteiger partial charge in [-0.15, -0.1) is 0 Å². The number of hydrogen-bond donors (Lipinski definition) is 2. The van der Waals surface area contributed by atoms with Crippen molar-refractivity contribution in [1.29, 1.82) is 0 Å². The number of aryl methyl sites for hydroxylation is 1. The number of aliphatic hydroxyl groups excluding tert-OH is 1. The third-order valence-corrected chi connectivity index (χ3v) is 2.96. The van der Waals surface area contributed by atoms with Crippen molar-refractivity contribution in [1.82, 2.24) is 4.98 Å². The maximum atomic E-state index is 10.2. The van der Waals surface area contributed by atoms with Crippen LogP contribution in [0.5, 0.6) is 0 Å². The molecule has 1 heterocycles. The minimum Gasteiger partial charge on any atom is -0.388 e. The third kappa shape index (κ3) is 3.06. The Morgan fingerprint density at radius 1 is 1.28 bits per heavy atom. The van der Waals surface area contributed by atoms with Crippen LogP contribution in [0.4, 0.5) is 0 Å². The molecule has 0 radical (unpaired) electrons. The van der Waals surface area contributed by atoms with E-state index in [2.05, 4.69) is 4.98 Å². The second kappa shape index (κ2) is 4.67. The highest BCUT2D eigenvalue weighted by molar-refractivity contribution is 5.79. The molecule has 1 aromatic carbocycles. The van der Waals surface area contributed by atoms with Crippen molar-refractivity contribution < 1.29 is 5.11 Å². The summed E-state index contributed by atoms with van der Waals surface area (Å²) in [6.45, 7) is 5.81. The lowest BCUT2D eigenvalue weighted by atomic mass is 9.93. The molecule has 0 spiro atoms. The molecule has 0 amide bonds. The number of nitrogens with zero attached hydrogens (tertiary/aromatic N) is 1. The van der Waals surface area contributed by atoms with Crippen LogP contribution in [-0.4, -0.2) is 15.6 Å². The molecule has 0 fully saturated rings. The summed E-state index contributed by atoms with van der Waals surface area (Å²) < 4.78 is 0. The molecule has 3 heteroatoms. The number of benzene rings is 1. The molecule has 3 N–H and O–H groups in total. The first-order valence-corrected chi connectivity index (χ1v) is 6.19. The molecule has 2 aromatic rings. The monoisotopic (exact) mass is 244 g/mol. The summed E-state index contributed by atoms with van der Waals surface area (Å²) in [5, 5.41) is 11.2. The molecule has 3 nitrogen and oxygen atoms in total. The smallest absolute Gasteiger partial charge is 0.0807 e. The van der Waals surface area contributed by atoms with Crippen LogP contribution in [0.1, 0.15) is 37.6 Å². The minimum absolute atomic E-state index is 0.375. The molecule has 0 aliphatic carbocycles. The fourth-order valence-corrected chi connectivity index (χ4v) is 2.07. The molecule has 96 valence electrons. The molecular weight excluding hydrogens is 224 g/mol. The van der Waals surface area contributed by atoms with Crippen molar-refractivity contribution >= 4 is 10.9 Å². The third-order valence-electron chi connectivity index (χ3n) is 2.96. The lowest BCUT2D eigenvalue weighted by Gasteiger charge is -2.22. The zero-order valence-electron chi connectivity index (χ0n) is 11.1. The zero-order chi connectivity index (χ0) is 13.3. The molecule has 0 bridgehead atoms. The van der Waals surface area contributed by atoms with Gasteiger partial charge in [0.15, 0.2) is 0 Å². The van der Waals surface area contributed by atoms with Gasteiger partial charge in [-0.25, -0.2) is 0 Å². The standard InChI is InChI=1S/C15H20N2O/c1-10-4-5-11-8-12(6-7-13(11)17-10)14(18)9-15(2,3)16/h4-8,14,18H,9,16H2,1-3H3. The predicted molar refractivity (Wildman–Crippen MR) is 74.3 cm³/mol. The molecule has 0 aliphatic heterocycles. The van der Waals surface area contributed by atoms with Crippen LogP contribution in [-0.2, 0) is 0 Å². The Bertz CT molecular complexity index is 558. The van der Waals surface area contributed by atoms with Crippen LogP contribution < -0.4 is 5.73 Å². The maximum absolute atomic E-state index is 10.2. The fraction of sp³-hybridized carbons (Fsp3) is 0.400. The predicted octanol–water partition coefficient (Wildman–Crippen LogP) is 2.70. The van der Waals surface area contributed by atoms with Crippen LogP contribution in [0.15, 0.2) is 30.3 Å². The zero-order valence-corrected chi connectivity index (χ0v) is 11.1. The molecule has 1 aromatic heterocycles.